The lowest BCUT2D eigenvalue weighted by Gasteiger charge is -2.34. The Morgan fingerprint density at radius 3 is 1.81 bits per heavy atom. The molecule has 4 heteroatoms. The summed E-state index contributed by atoms with van der Waals surface area (Å²) in [7, 11) is 0. The minimum Gasteiger partial charge on any atom is -0.455 e. The standard InChI is InChI=1S/C43H26OS3/c1-3-12-28(13-4-1)43(29-14-5-2-6-15-29)32-24-25-35-42(46-36-18-8-7-17-34(36)44-35)40(32)31-23-22-27(26-33(31)43)30-16-11-21-39-41(30)47-38-20-10-9-19-37(38)45-39/h1-26H. The summed E-state index contributed by atoms with van der Waals surface area (Å²) in [5, 5.41) is 0. The molecule has 0 N–H and O–H groups in total. The first-order valence-corrected chi connectivity index (χ1v) is 18.2. The fraction of sp³-hybridized carbons (Fsp3) is 0.0233. The summed E-state index contributed by atoms with van der Waals surface area (Å²) in [5.41, 5.74) is 9.67. The number of ether oxygens (including phenoxy) is 1. The van der Waals surface area contributed by atoms with Crippen LogP contribution in [0.3, 0.4) is 0 Å². The van der Waals surface area contributed by atoms with E-state index < -0.39 is 5.41 Å². The molecule has 0 bridgehead atoms. The number of hydrogen-bond donors (Lipinski definition) is 0. The fourth-order valence-electron chi connectivity index (χ4n) is 7.50. The molecule has 0 atom stereocenters. The van der Waals surface area contributed by atoms with E-state index in [0.717, 1.165) is 16.4 Å². The monoisotopic (exact) mass is 654 g/mol. The van der Waals surface area contributed by atoms with Crippen molar-refractivity contribution >= 4 is 35.3 Å². The zero-order valence-corrected chi connectivity index (χ0v) is 27.6. The topological polar surface area (TPSA) is 9.23 Å². The average molecular weight is 655 g/mol. The summed E-state index contributed by atoms with van der Waals surface area (Å²) < 4.78 is 6.56. The van der Waals surface area contributed by atoms with Gasteiger partial charge in [0.1, 0.15) is 11.5 Å². The Morgan fingerprint density at radius 1 is 0.404 bits per heavy atom. The molecule has 3 aliphatic rings. The van der Waals surface area contributed by atoms with Gasteiger partial charge in [0.15, 0.2) is 0 Å². The van der Waals surface area contributed by atoms with E-state index in [9.17, 15) is 0 Å². The van der Waals surface area contributed by atoms with Gasteiger partial charge >= 0.3 is 0 Å². The maximum Gasteiger partial charge on any atom is 0.142 e. The lowest BCUT2D eigenvalue weighted by molar-refractivity contribution is 0.454. The molecular formula is C43H26OS3. The van der Waals surface area contributed by atoms with Crippen LogP contribution in [0.5, 0.6) is 11.5 Å². The highest BCUT2D eigenvalue weighted by molar-refractivity contribution is 8.05. The van der Waals surface area contributed by atoms with Crippen LogP contribution in [-0.4, -0.2) is 0 Å². The highest BCUT2D eigenvalue weighted by atomic mass is 32.2. The first-order valence-electron chi connectivity index (χ1n) is 15.8. The van der Waals surface area contributed by atoms with Crippen molar-refractivity contribution in [3.63, 3.8) is 0 Å². The first kappa shape index (κ1) is 27.5. The molecule has 1 aliphatic carbocycles. The maximum absolute atomic E-state index is 6.56. The van der Waals surface area contributed by atoms with E-state index >= 15 is 0 Å². The number of rotatable bonds is 3. The van der Waals surface area contributed by atoms with Crippen LogP contribution in [0, 0.1) is 0 Å². The molecule has 0 amide bonds. The molecule has 0 spiro atoms. The molecule has 7 aromatic carbocycles. The second-order valence-electron chi connectivity index (χ2n) is 12.0. The quantitative estimate of drug-likeness (QED) is 0.187. The van der Waals surface area contributed by atoms with Gasteiger partial charge in [0.2, 0.25) is 0 Å². The van der Waals surface area contributed by atoms with Gasteiger partial charge in [-0.25, -0.2) is 0 Å². The molecule has 2 heterocycles. The van der Waals surface area contributed by atoms with Crippen LogP contribution in [0.15, 0.2) is 187 Å². The zero-order chi connectivity index (χ0) is 31.0. The summed E-state index contributed by atoms with van der Waals surface area (Å²) in [6.07, 6.45) is 0. The van der Waals surface area contributed by atoms with Crippen molar-refractivity contribution in [3.05, 3.63) is 180 Å². The lowest BCUT2D eigenvalue weighted by atomic mass is 9.67. The molecule has 0 saturated heterocycles. The third-order valence-electron chi connectivity index (χ3n) is 9.48. The largest absolute Gasteiger partial charge is 0.455 e. The smallest absolute Gasteiger partial charge is 0.142 e. The summed E-state index contributed by atoms with van der Waals surface area (Å²) in [4.78, 5) is 7.62. The minimum atomic E-state index is -0.501. The summed E-state index contributed by atoms with van der Waals surface area (Å²) >= 11 is 5.59. The normalized spacial score (nSPS) is 14.5. The third-order valence-corrected chi connectivity index (χ3v) is 13.3. The van der Waals surface area contributed by atoms with Crippen molar-refractivity contribution in [2.75, 3.05) is 0 Å². The second kappa shape index (κ2) is 10.7. The Hall–Kier alpha value is -4.61. The van der Waals surface area contributed by atoms with Crippen LogP contribution in [0.1, 0.15) is 22.3 Å². The first-order chi connectivity index (χ1) is 23.3. The molecule has 0 radical (unpaired) electrons. The van der Waals surface area contributed by atoms with Crippen molar-refractivity contribution in [1.82, 2.24) is 0 Å². The Morgan fingerprint density at radius 2 is 1.04 bits per heavy atom. The van der Waals surface area contributed by atoms with Crippen molar-refractivity contribution in [2.24, 2.45) is 0 Å². The third kappa shape index (κ3) is 4.08. The predicted molar refractivity (Wildman–Crippen MR) is 195 cm³/mol. The SMILES string of the molecule is c1ccc(C2(c3ccccc3)c3cc(-c4cccc5c4Sc4ccccc4S5)ccc3-c3c2ccc2c3Sc3ccccc3O2)cc1. The number of hydrogen-bond acceptors (Lipinski definition) is 4. The average Bonchev–Trinajstić information content (AvgIpc) is 3.44. The molecule has 0 saturated carbocycles. The van der Waals surface area contributed by atoms with E-state index in [1.807, 2.05) is 41.4 Å². The van der Waals surface area contributed by atoms with Gasteiger partial charge in [-0.15, -0.1) is 0 Å². The Balaban J connectivity index is 1.25. The molecule has 7 aromatic rings. The molecule has 0 unspecified atom stereocenters. The highest BCUT2D eigenvalue weighted by Crippen LogP contribution is 2.63. The zero-order valence-electron chi connectivity index (χ0n) is 25.1. The van der Waals surface area contributed by atoms with E-state index in [2.05, 4.69) is 152 Å². The number of benzene rings is 7. The van der Waals surface area contributed by atoms with Crippen molar-refractivity contribution in [1.29, 1.82) is 0 Å². The number of fused-ring (bicyclic) bond motifs is 8. The van der Waals surface area contributed by atoms with Gasteiger partial charge in [-0.1, -0.05) is 151 Å². The van der Waals surface area contributed by atoms with Crippen LogP contribution in [-0.2, 0) is 5.41 Å². The van der Waals surface area contributed by atoms with Crippen LogP contribution in [0.2, 0.25) is 0 Å². The summed E-state index contributed by atoms with van der Waals surface area (Å²) in [6.45, 7) is 0. The molecule has 0 fully saturated rings. The van der Waals surface area contributed by atoms with Gasteiger partial charge in [-0.3, -0.25) is 0 Å². The lowest BCUT2D eigenvalue weighted by Crippen LogP contribution is -2.28. The van der Waals surface area contributed by atoms with E-state index in [4.69, 9.17) is 4.74 Å². The Kier molecular flexibility index (Phi) is 6.27. The van der Waals surface area contributed by atoms with E-state index in [-0.39, 0.29) is 0 Å². The van der Waals surface area contributed by atoms with Crippen LogP contribution in [0.4, 0.5) is 0 Å². The van der Waals surface area contributed by atoms with Crippen LogP contribution < -0.4 is 4.74 Å². The molecular weight excluding hydrogens is 629 g/mol. The van der Waals surface area contributed by atoms with Crippen LogP contribution in [0.25, 0.3) is 22.3 Å². The van der Waals surface area contributed by atoms with E-state index in [1.165, 1.54) is 69.0 Å². The minimum absolute atomic E-state index is 0.501. The Labute approximate surface area is 287 Å². The molecule has 10 rings (SSSR count). The molecule has 0 aromatic heterocycles. The van der Waals surface area contributed by atoms with Gasteiger partial charge in [0, 0.05) is 25.1 Å². The van der Waals surface area contributed by atoms with Gasteiger partial charge in [-0.05, 0) is 81.4 Å². The Bertz CT molecular complexity index is 2320. The van der Waals surface area contributed by atoms with E-state index in [1.54, 1.807) is 0 Å². The van der Waals surface area contributed by atoms with Gasteiger partial charge < -0.3 is 4.74 Å². The van der Waals surface area contributed by atoms with Gasteiger partial charge in [0.05, 0.1) is 15.2 Å². The maximum atomic E-state index is 6.56. The molecule has 2 aliphatic heterocycles. The van der Waals surface area contributed by atoms with Crippen molar-refractivity contribution < 1.29 is 4.74 Å². The molecule has 222 valence electrons. The van der Waals surface area contributed by atoms with Crippen molar-refractivity contribution in [2.45, 2.75) is 34.8 Å². The van der Waals surface area contributed by atoms with Crippen molar-refractivity contribution in [3.8, 4) is 33.8 Å². The highest BCUT2D eigenvalue weighted by Gasteiger charge is 2.48. The molecule has 47 heavy (non-hydrogen) atoms. The predicted octanol–water partition coefficient (Wildman–Crippen LogP) is 12.6. The summed E-state index contributed by atoms with van der Waals surface area (Å²) in [6, 6.07) is 57.6. The van der Waals surface area contributed by atoms with Crippen LogP contribution >= 0.6 is 35.3 Å². The van der Waals surface area contributed by atoms with Gasteiger partial charge in [-0.2, -0.15) is 0 Å². The second-order valence-corrected chi connectivity index (χ2v) is 15.2. The summed E-state index contributed by atoms with van der Waals surface area (Å²) in [5.74, 6) is 1.84. The fourth-order valence-corrected chi connectivity index (χ4v) is 11.0. The number of para-hydroxylation sites is 1. The van der Waals surface area contributed by atoms with E-state index in [0.29, 0.717) is 0 Å². The van der Waals surface area contributed by atoms with Gasteiger partial charge in [0.25, 0.3) is 0 Å². The molecule has 1 nitrogen and oxygen atoms in total.